The van der Waals surface area contributed by atoms with Crippen LogP contribution in [0.5, 0.6) is 0 Å². The average Bonchev–Trinajstić information content (AvgIpc) is 2.45. The van der Waals surface area contributed by atoms with Crippen molar-refractivity contribution in [3.63, 3.8) is 0 Å². The second-order valence-corrected chi connectivity index (χ2v) is 3.93. The predicted octanol–water partition coefficient (Wildman–Crippen LogP) is 1.92. The minimum absolute atomic E-state index is 0. The Bertz CT molecular complexity index is 410. The smallest absolute Gasteiger partial charge is 0.307 e. The molecule has 2 N–H and O–H groups in total. The van der Waals surface area contributed by atoms with Crippen LogP contribution in [0.3, 0.4) is 0 Å². The van der Waals surface area contributed by atoms with E-state index >= 15 is 0 Å². The zero-order valence-corrected chi connectivity index (χ0v) is 14.2. The Morgan fingerprint density at radius 1 is 1.25 bits per heavy atom. The molecule has 0 aromatic heterocycles. The van der Waals surface area contributed by atoms with Gasteiger partial charge in [0.1, 0.15) is 0 Å². The standard InChI is InChI=1S/C14H21N3O2.HI/c1-3-15-14(16-10-9-13(18)19-2)17-11-12-7-5-4-6-8-12;/h4-8H,3,9-11H2,1-2H3,(H2,15,16,17);1H. The van der Waals surface area contributed by atoms with E-state index in [0.717, 1.165) is 12.1 Å². The average molecular weight is 391 g/mol. The Kier molecular flexibility index (Phi) is 10.8. The van der Waals surface area contributed by atoms with Gasteiger partial charge in [0.15, 0.2) is 5.96 Å². The van der Waals surface area contributed by atoms with Crippen LogP contribution in [0.25, 0.3) is 0 Å². The molecule has 0 heterocycles. The number of nitrogens with zero attached hydrogens (tertiary/aromatic N) is 1. The number of carbonyl (C=O) groups excluding carboxylic acids is 1. The first-order valence-corrected chi connectivity index (χ1v) is 6.39. The topological polar surface area (TPSA) is 62.7 Å². The van der Waals surface area contributed by atoms with Crippen molar-refractivity contribution in [1.29, 1.82) is 0 Å². The minimum atomic E-state index is -0.230. The third-order valence-corrected chi connectivity index (χ3v) is 2.46. The fourth-order valence-corrected chi connectivity index (χ4v) is 1.48. The van der Waals surface area contributed by atoms with Crippen LogP contribution >= 0.6 is 24.0 Å². The molecule has 0 unspecified atom stereocenters. The number of rotatable bonds is 6. The van der Waals surface area contributed by atoms with E-state index in [1.807, 2.05) is 37.3 Å². The molecule has 0 aliphatic carbocycles. The summed E-state index contributed by atoms with van der Waals surface area (Å²) in [6, 6.07) is 10.0. The highest BCUT2D eigenvalue weighted by atomic mass is 127. The van der Waals surface area contributed by atoms with Gasteiger partial charge in [0.2, 0.25) is 0 Å². The molecular weight excluding hydrogens is 369 g/mol. The van der Waals surface area contributed by atoms with E-state index in [-0.39, 0.29) is 29.9 Å². The number of guanidine groups is 1. The Morgan fingerprint density at radius 2 is 1.95 bits per heavy atom. The Morgan fingerprint density at radius 3 is 2.55 bits per heavy atom. The van der Waals surface area contributed by atoms with E-state index in [1.54, 1.807) is 0 Å². The van der Waals surface area contributed by atoms with Gasteiger partial charge >= 0.3 is 5.97 Å². The molecule has 0 radical (unpaired) electrons. The number of hydrogen-bond donors (Lipinski definition) is 2. The summed E-state index contributed by atoms with van der Waals surface area (Å²) in [5.41, 5.74) is 1.15. The quantitative estimate of drug-likeness (QED) is 0.337. The predicted molar refractivity (Wildman–Crippen MR) is 91.3 cm³/mol. The third-order valence-electron chi connectivity index (χ3n) is 2.46. The molecule has 0 aliphatic rings. The summed E-state index contributed by atoms with van der Waals surface area (Å²) in [7, 11) is 1.39. The molecule has 0 spiro atoms. The number of hydrogen-bond acceptors (Lipinski definition) is 3. The van der Waals surface area contributed by atoms with Gasteiger partial charge in [-0.3, -0.25) is 4.79 Å². The van der Waals surface area contributed by atoms with Gasteiger partial charge < -0.3 is 15.4 Å². The van der Waals surface area contributed by atoms with Crippen molar-refractivity contribution in [2.45, 2.75) is 19.9 Å². The van der Waals surface area contributed by atoms with Crippen molar-refractivity contribution in [3.8, 4) is 0 Å². The molecule has 0 saturated heterocycles. The molecule has 1 rings (SSSR count). The first kappa shape index (κ1) is 18.7. The SMILES string of the molecule is CCNC(=NCc1ccccc1)NCCC(=O)OC.I. The molecule has 0 aliphatic heterocycles. The monoisotopic (exact) mass is 391 g/mol. The third kappa shape index (κ3) is 7.98. The highest BCUT2D eigenvalue weighted by Crippen LogP contribution is 1.99. The lowest BCUT2D eigenvalue weighted by atomic mass is 10.2. The van der Waals surface area contributed by atoms with Crippen molar-refractivity contribution in [3.05, 3.63) is 35.9 Å². The summed E-state index contributed by atoms with van der Waals surface area (Å²) in [6.45, 7) is 3.89. The van der Waals surface area contributed by atoms with E-state index in [1.165, 1.54) is 7.11 Å². The number of methoxy groups -OCH3 is 1. The summed E-state index contributed by atoms with van der Waals surface area (Å²) < 4.78 is 4.58. The van der Waals surface area contributed by atoms with Crippen LogP contribution in [-0.2, 0) is 16.1 Å². The maximum absolute atomic E-state index is 11.0. The highest BCUT2D eigenvalue weighted by molar-refractivity contribution is 14.0. The zero-order chi connectivity index (χ0) is 13.9. The van der Waals surface area contributed by atoms with Gasteiger partial charge in [-0.05, 0) is 12.5 Å². The molecule has 0 atom stereocenters. The van der Waals surface area contributed by atoms with Crippen LogP contribution < -0.4 is 10.6 Å². The van der Waals surface area contributed by atoms with Gasteiger partial charge in [-0.1, -0.05) is 30.3 Å². The van der Waals surface area contributed by atoms with Gasteiger partial charge in [-0.25, -0.2) is 4.99 Å². The molecule has 5 nitrogen and oxygen atoms in total. The second-order valence-electron chi connectivity index (χ2n) is 3.93. The Hall–Kier alpha value is -1.31. The molecule has 0 saturated carbocycles. The number of esters is 1. The minimum Gasteiger partial charge on any atom is -0.469 e. The molecule has 0 bridgehead atoms. The molecular formula is C14H22IN3O2. The number of halogens is 1. The molecule has 0 fully saturated rings. The number of benzene rings is 1. The lowest BCUT2D eigenvalue weighted by Gasteiger charge is -2.10. The van der Waals surface area contributed by atoms with Gasteiger partial charge in [-0.15, -0.1) is 24.0 Å². The van der Waals surface area contributed by atoms with Crippen molar-refractivity contribution in [2.75, 3.05) is 20.2 Å². The van der Waals surface area contributed by atoms with E-state index in [9.17, 15) is 4.79 Å². The molecule has 1 aromatic carbocycles. The summed E-state index contributed by atoms with van der Waals surface area (Å²) in [4.78, 5) is 15.5. The highest BCUT2D eigenvalue weighted by Gasteiger charge is 2.01. The Labute approximate surface area is 137 Å². The maximum atomic E-state index is 11.0. The summed E-state index contributed by atoms with van der Waals surface area (Å²) in [5.74, 6) is 0.474. The molecule has 0 amide bonds. The number of carbonyl (C=O) groups is 1. The van der Waals surface area contributed by atoms with E-state index in [0.29, 0.717) is 25.5 Å². The molecule has 6 heteroatoms. The number of ether oxygens (including phenoxy) is 1. The van der Waals surface area contributed by atoms with Crippen LogP contribution in [-0.4, -0.2) is 32.1 Å². The van der Waals surface area contributed by atoms with Crippen molar-refractivity contribution >= 4 is 35.9 Å². The number of nitrogens with one attached hydrogen (secondary N) is 2. The fraction of sp³-hybridized carbons (Fsp3) is 0.429. The lowest BCUT2D eigenvalue weighted by Crippen LogP contribution is -2.38. The van der Waals surface area contributed by atoms with E-state index in [2.05, 4.69) is 20.4 Å². The van der Waals surface area contributed by atoms with Crippen LogP contribution in [0, 0.1) is 0 Å². The zero-order valence-electron chi connectivity index (χ0n) is 11.9. The summed E-state index contributed by atoms with van der Waals surface area (Å²) in [6.07, 6.45) is 0.326. The summed E-state index contributed by atoms with van der Waals surface area (Å²) in [5, 5.41) is 6.23. The van der Waals surface area contributed by atoms with Gasteiger partial charge in [-0.2, -0.15) is 0 Å². The summed E-state index contributed by atoms with van der Waals surface area (Å²) >= 11 is 0. The molecule has 20 heavy (non-hydrogen) atoms. The van der Waals surface area contributed by atoms with Crippen molar-refractivity contribution in [1.82, 2.24) is 10.6 Å². The normalized spacial score (nSPS) is 10.4. The fourth-order valence-electron chi connectivity index (χ4n) is 1.48. The van der Waals surface area contributed by atoms with Crippen molar-refractivity contribution in [2.24, 2.45) is 4.99 Å². The van der Waals surface area contributed by atoms with Crippen LogP contribution in [0.1, 0.15) is 18.9 Å². The van der Waals surface area contributed by atoms with Gasteiger partial charge in [0, 0.05) is 13.1 Å². The largest absolute Gasteiger partial charge is 0.469 e. The van der Waals surface area contributed by atoms with Gasteiger partial charge in [0.05, 0.1) is 20.1 Å². The second kappa shape index (κ2) is 11.5. The van der Waals surface area contributed by atoms with Crippen molar-refractivity contribution < 1.29 is 9.53 Å². The van der Waals surface area contributed by atoms with Crippen LogP contribution in [0.15, 0.2) is 35.3 Å². The lowest BCUT2D eigenvalue weighted by molar-refractivity contribution is -0.140. The van der Waals surface area contributed by atoms with Gasteiger partial charge in [0.25, 0.3) is 0 Å². The number of aliphatic imine (C=N–C) groups is 1. The maximum Gasteiger partial charge on any atom is 0.307 e. The van der Waals surface area contributed by atoms with Crippen LogP contribution in [0.4, 0.5) is 0 Å². The van der Waals surface area contributed by atoms with E-state index < -0.39 is 0 Å². The molecule has 112 valence electrons. The Balaban J connectivity index is 0.00000361. The first-order valence-electron chi connectivity index (χ1n) is 6.39. The first-order chi connectivity index (χ1) is 9.26. The van der Waals surface area contributed by atoms with Crippen LogP contribution in [0.2, 0.25) is 0 Å². The molecule has 1 aromatic rings. The van der Waals surface area contributed by atoms with E-state index in [4.69, 9.17) is 0 Å².